The van der Waals surface area contributed by atoms with Crippen LogP contribution < -0.4 is 15.4 Å². The van der Waals surface area contributed by atoms with Crippen LogP contribution in [0.3, 0.4) is 0 Å². The van der Waals surface area contributed by atoms with Crippen LogP contribution in [-0.4, -0.2) is 63.9 Å². The molecule has 0 amide bonds. The number of nitrogens with zero attached hydrogens (tertiary/aromatic N) is 2. The van der Waals surface area contributed by atoms with Gasteiger partial charge >= 0.3 is 0 Å². The summed E-state index contributed by atoms with van der Waals surface area (Å²) < 4.78 is 10.8. The van der Waals surface area contributed by atoms with Gasteiger partial charge in [-0.2, -0.15) is 0 Å². The molecule has 1 aliphatic heterocycles. The minimum atomic E-state index is 0. The molecule has 0 radical (unpaired) electrons. The molecule has 0 saturated carbocycles. The van der Waals surface area contributed by atoms with E-state index in [-0.39, 0.29) is 30.0 Å². The summed E-state index contributed by atoms with van der Waals surface area (Å²) in [5, 5.41) is 6.53. The Morgan fingerprint density at radius 3 is 2.58 bits per heavy atom. The molecule has 2 rings (SSSR count). The van der Waals surface area contributed by atoms with Crippen molar-refractivity contribution in [1.29, 1.82) is 0 Å². The number of hydrogen-bond acceptors (Lipinski definition) is 4. The van der Waals surface area contributed by atoms with Crippen LogP contribution in [0.2, 0.25) is 0 Å². The first kappa shape index (κ1) is 22.7. The van der Waals surface area contributed by atoms with Crippen LogP contribution in [0.5, 0.6) is 5.75 Å². The van der Waals surface area contributed by atoms with Gasteiger partial charge in [0.1, 0.15) is 5.75 Å². The molecule has 1 saturated heterocycles. The molecule has 1 atom stereocenters. The van der Waals surface area contributed by atoms with Crippen LogP contribution in [0.4, 0.5) is 0 Å². The number of methoxy groups -OCH3 is 1. The minimum Gasteiger partial charge on any atom is -0.497 e. The highest BCUT2D eigenvalue weighted by Crippen LogP contribution is 2.24. The second kappa shape index (κ2) is 12.9. The zero-order chi connectivity index (χ0) is 17.9. The summed E-state index contributed by atoms with van der Waals surface area (Å²) in [5.41, 5.74) is 1.24. The Kier molecular flexibility index (Phi) is 11.3. The van der Waals surface area contributed by atoms with Gasteiger partial charge in [-0.25, -0.2) is 0 Å². The number of rotatable bonds is 8. The van der Waals surface area contributed by atoms with Gasteiger partial charge in [-0.3, -0.25) is 9.89 Å². The summed E-state index contributed by atoms with van der Waals surface area (Å²) in [5.74, 6) is 1.68. The van der Waals surface area contributed by atoms with Gasteiger partial charge in [0.05, 0.1) is 32.9 Å². The summed E-state index contributed by atoms with van der Waals surface area (Å²) in [4.78, 5) is 7.21. The summed E-state index contributed by atoms with van der Waals surface area (Å²) in [6.45, 7) is 11.4. The van der Waals surface area contributed by atoms with E-state index in [0.717, 1.165) is 44.6 Å². The van der Waals surface area contributed by atoms with E-state index < -0.39 is 0 Å². The standard InChI is InChI=1S/C19H30N4O2.HI/c1-4-10-21-19(20-5-2)22-15-18(23-11-13-25-14-12-23)16-6-8-17(24-3)9-7-16;/h4,6-9,18H,1,5,10-15H2,2-3H3,(H2,20,21,22);1H. The van der Waals surface area contributed by atoms with Gasteiger partial charge in [0, 0.05) is 26.2 Å². The number of ether oxygens (including phenoxy) is 2. The van der Waals surface area contributed by atoms with Crippen molar-refractivity contribution in [2.24, 2.45) is 4.99 Å². The van der Waals surface area contributed by atoms with E-state index in [1.807, 2.05) is 18.2 Å². The Morgan fingerprint density at radius 2 is 2.00 bits per heavy atom. The van der Waals surface area contributed by atoms with Crippen LogP contribution >= 0.6 is 24.0 Å². The van der Waals surface area contributed by atoms with Crippen molar-refractivity contribution in [1.82, 2.24) is 15.5 Å². The van der Waals surface area contributed by atoms with Gasteiger partial charge in [-0.05, 0) is 24.6 Å². The van der Waals surface area contributed by atoms with Crippen molar-refractivity contribution in [3.8, 4) is 5.75 Å². The molecule has 1 aliphatic rings. The zero-order valence-electron chi connectivity index (χ0n) is 15.7. The maximum absolute atomic E-state index is 5.51. The molecule has 1 fully saturated rings. The van der Waals surface area contributed by atoms with Crippen molar-refractivity contribution in [3.05, 3.63) is 42.5 Å². The first-order valence-electron chi connectivity index (χ1n) is 8.87. The quantitative estimate of drug-likeness (QED) is 0.263. The fraction of sp³-hybridized carbons (Fsp3) is 0.526. The van der Waals surface area contributed by atoms with Crippen molar-refractivity contribution < 1.29 is 9.47 Å². The molecule has 1 unspecified atom stereocenters. The highest BCUT2D eigenvalue weighted by atomic mass is 127. The van der Waals surface area contributed by atoms with Crippen LogP contribution in [0.15, 0.2) is 41.9 Å². The molecule has 0 aliphatic carbocycles. The van der Waals surface area contributed by atoms with E-state index in [2.05, 4.69) is 41.2 Å². The third-order valence-electron chi connectivity index (χ3n) is 4.17. The number of halogens is 1. The number of morpholine rings is 1. The molecule has 1 heterocycles. The van der Waals surface area contributed by atoms with E-state index in [9.17, 15) is 0 Å². The van der Waals surface area contributed by atoms with Gasteiger partial charge in [0.15, 0.2) is 5.96 Å². The van der Waals surface area contributed by atoms with Gasteiger partial charge in [0.25, 0.3) is 0 Å². The van der Waals surface area contributed by atoms with E-state index in [1.54, 1.807) is 7.11 Å². The van der Waals surface area contributed by atoms with Crippen molar-refractivity contribution in [3.63, 3.8) is 0 Å². The largest absolute Gasteiger partial charge is 0.497 e. The van der Waals surface area contributed by atoms with Crippen LogP contribution in [0.25, 0.3) is 0 Å². The monoisotopic (exact) mass is 474 g/mol. The molecule has 7 heteroatoms. The van der Waals surface area contributed by atoms with Crippen molar-refractivity contribution in [2.45, 2.75) is 13.0 Å². The Bertz CT molecular complexity index is 545. The van der Waals surface area contributed by atoms with Crippen LogP contribution in [-0.2, 0) is 4.74 Å². The smallest absolute Gasteiger partial charge is 0.191 e. The van der Waals surface area contributed by atoms with Gasteiger partial charge < -0.3 is 20.1 Å². The van der Waals surface area contributed by atoms with Gasteiger partial charge in [-0.1, -0.05) is 18.2 Å². The molecule has 2 N–H and O–H groups in total. The summed E-state index contributed by atoms with van der Waals surface area (Å²) in [6, 6.07) is 8.48. The van der Waals surface area contributed by atoms with Crippen molar-refractivity contribution >= 4 is 29.9 Å². The Morgan fingerprint density at radius 1 is 1.31 bits per heavy atom. The summed E-state index contributed by atoms with van der Waals surface area (Å²) in [6.07, 6.45) is 1.83. The average molecular weight is 474 g/mol. The molecule has 26 heavy (non-hydrogen) atoms. The first-order valence-corrected chi connectivity index (χ1v) is 8.87. The normalized spacial score (nSPS) is 16.3. The lowest BCUT2D eigenvalue weighted by Crippen LogP contribution is -2.41. The molecular formula is C19H31IN4O2. The third kappa shape index (κ3) is 7.13. The SMILES string of the molecule is C=CCNC(=NCC(c1ccc(OC)cc1)N1CCOCC1)NCC.I. The number of nitrogens with one attached hydrogen (secondary N) is 2. The molecule has 6 nitrogen and oxygen atoms in total. The highest BCUT2D eigenvalue weighted by molar-refractivity contribution is 14.0. The lowest BCUT2D eigenvalue weighted by Gasteiger charge is -2.34. The van der Waals surface area contributed by atoms with Crippen LogP contribution in [0.1, 0.15) is 18.5 Å². The molecule has 146 valence electrons. The maximum Gasteiger partial charge on any atom is 0.191 e. The maximum atomic E-state index is 5.51. The number of hydrogen-bond donors (Lipinski definition) is 2. The second-order valence-electron chi connectivity index (χ2n) is 5.83. The first-order chi connectivity index (χ1) is 12.3. The van der Waals surface area contributed by atoms with E-state index in [1.165, 1.54) is 5.56 Å². The molecular weight excluding hydrogens is 443 g/mol. The Labute approximate surface area is 174 Å². The third-order valence-corrected chi connectivity index (χ3v) is 4.17. The molecule has 0 aromatic heterocycles. The lowest BCUT2D eigenvalue weighted by atomic mass is 10.0. The summed E-state index contributed by atoms with van der Waals surface area (Å²) >= 11 is 0. The lowest BCUT2D eigenvalue weighted by molar-refractivity contribution is 0.0179. The highest BCUT2D eigenvalue weighted by Gasteiger charge is 2.22. The number of benzene rings is 1. The molecule has 1 aromatic carbocycles. The van der Waals surface area contributed by atoms with Gasteiger partial charge in [0.2, 0.25) is 0 Å². The summed E-state index contributed by atoms with van der Waals surface area (Å²) in [7, 11) is 1.69. The van der Waals surface area contributed by atoms with Crippen molar-refractivity contribution in [2.75, 3.05) is 53.0 Å². The molecule has 1 aromatic rings. The molecule has 0 spiro atoms. The van der Waals surface area contributed by atoms with E-state index >= 15 is 0 Å². The number of guanidine groups is 1. The predicted octanol–water partition coefficient (Wildman–Crippen LogP) is 2.43. The van der Waals surface area contributed by atoms with Crippen LogP contribution in [0, 0.1) is 0 Å². The number of aliphatic imine (C=N–C) groups is 1. The fourth-order valence-electron chi connectivity index (χ4n) is 2.84. The second-order valence-corrected chi connectivity index (χ2v) is 5.83. The molecule has 0 bridgehead atoms. The Hall–Kier alpha value is -1.32. The topological polar surface area (TPSA) is 58.1 Å². The minimum absolute atomic E-state index is 0. The predicted molar refractivity (Wildman–Crippen MR) is 118 cm³/mol. The fourth-order valence-corrected chi connectivity index (χ4v) is 2.84. The van der Waals surface area contributed by atoms with Gasteiger partial charge in [-0.15, -0.1) is 30.6 Å². The zero-order valence-corrected chi connectivity index (χ0v) is 18.1. The van der Waals surface area contributed by atoms with E-state index in [0.29, 0.717) is 13.1 Å². The Balaban J connectivity index is 0.00000338. The average Bonchev–Trinajstić information content (AvgIpc) is 2.67. The van der Waals surface area contributed by atoms with E-state index in [4.69, 9.17) is 14.5 Å².